The summed E-state index contributed by atoms with van der Waals surface area (Å²) >= 11 is 1.31. The van der Waals surface area contributed by atoms with Crippen LogP contribution in [-0.4, -0.2) is 58.8 Å². The maximum atomic E-state index is 13.3. The first kappa shape index (κ1) is 23.6. The lowest BCUT2D eigenvalue weighted by atomic mass is 10.1. The lowest BCUT2D eigenvalue weighted by Gasteiger charge is -2.33. The molecule has 6 nitrogen and oxygen atoms in total. The summed E-state index contributed by atoms with van der Waals surface area (Å²) in [5.74, 6) is -0.0998. The van der Waals surface area contributed by atoms with Gasteiger partial charge in [-0.25, -0.2) is 12.8 Å². The summed E-state index contributed by atoms with van der Waals surface area (Å²) in [6.45, 7) is 3.95. The molecular formula is C24H26FN3O3S2. The van der Waals surface area contributed by atoms with Gasteiger partial charge in [0.25, 0.3) is 0 Å². The Labute approximate surface area is 197 Å². The molecule has 2 aromatic carbocycles. The van der Waals surface area contributed by atoms with Crippen molar-refractivity contribution in [3.8, 4) is 11.3 Å². The number of sulfone groups is 1. The number of thioether (sulfide) groups is 1. The highest BCUT2D eigenvalue weighted by Gasteiger charge is 2.36. The van der Waals surface area contributed by atoms with Crippen molar-refractivity contribution in [3.63, 3.8) is 0 Å². The Hall–Kier alpha value is -2.52. The van der Waals surface area contributed by atoms with Gasteiger partial charge >= 0.3 is 0 Å². The monoisotopic (exact) mass is 487 g/mol. The molecule has 0 bridgehead atoms. The molecule has 33 heavy (non-hydrogen) atoms. The molecule has 2 unspecified atom stereocenters. The summed E-state index contributed by atoms with van der Waals surface area (Å²) in [6.07, 6.45) is 1.24. The smallest absolute Gasteiger partial charge is 0.233 e. The second-order valence-electron chi connectivity index (χ2n) is 8.31. The maximum Gasteiger partial charge on any atom is 0.233 e. The number of nitrogens with zero attached hydrogens (tertiary/aromatic N) is 3. The molecule has 0 spiro atoms. The highest BCUT2D eigenvalue weighted by atomic mass is 32.2. The van der Waals surface area contributed by atoms with Crippen LogP contribution in [0.4, 0.5) is 4.39 Å². The third-order valence-corrected chi connectivity index (χ3v) is 8.78. The largest absolute Gasteiger partial charge is 0.335 e. The van der Waals surface area contributed by atoms with Gasteiger partial charge in [0.2, 0.25) is 5.91 Å². The summed E-state index contributed by atoms with van der Waals surface area (Å²) in [4.78, 5) is 14.9. The predicted molar refractivity (Wildman–Crippen MR) is 129 cm³/mol. The molecule has 9 heteroatoms. The fourth-order valence-electron chi connectivity index (χ4n) is 4.21. The number of benzene rings is 2. The van der Waals surface area contributed by atoms with E-state index in [4.69, 9.17) is 0 Å². The maximum absolute atomic E-state index is 13.3. The average molecular weight is 488 g/mol. The van der Waals surface area contributed by atoms with Crippen LogP contribution in [0.1, 0.15) is 26.7 Å². The first-order chi connectivity index (χ1) is 15.8. The van der Waals surface area contributed by atoms with Gasteiger partial charge in [-0.2, -0.15) is 0 Å². The third kappa shape index (κ3) is 5.19. The van der Waals surface area contributed by atoms with Crippen LogP contribution in [-0.2, 0) is 14.6 Å². The van der Waals surface area contributed by atoms with Gasteiger partial charge in [0.05, 0.1) is 17.3 Å². The van der Waals surface area contributed by atoms with Crippen molar-refractivity contribution in [1.82, 2.24) is 15.1 Å². The van der Waals surface area contributed by atoms with E-state index in [1.807, 2.05) is 38.1 Å². The molecule has 0 saturated carbocycles. The number of amides is 1. The number of carbonyl (C=O) groups excluding carboxylic acids is 1. The lowest BCUT2D eigenvalue weighted by Crippen LogP contribution is -2.47. The molecule has 1 fully saturated rings. The van der Waals surface area contributed by atoms with Crippen LogP contribution in [0.25, 0.3) is 22.0 Å². The van der Waals surface area contributed by atoms with Crippen molar-refractivity contribution in [2.45, 2.75) is 43.8 Å². The van der Waals surface area contributed by atoms with Crippen molar-refractivity contribution in [2.24, 2.45) is 0 Å². The Morgan fingerprint density at radius 1 is 1.15 bits per heavy atom. The Bertz CT molecular complexity index is 1270. The molecule has 1 amide bonds. The van der Waals surface area contributed by atoms with Gasteiger partial charge in [0.15, 0.2) is 9.84 Å². The molecule has 1 saturated heterocycles. The Balaban J connectivity index is 1.58. The summed E-state index contributed by atoms with van der Waals surface area (Å²) in [7, 11) is -3.09. The molecule has 1 aromatic heterocycles. The van der Waals surface area contributed by atoms with E-state index in [-0.39, 0.29) is 41.1 Å². The van der Waals surface area contributed by atoms with Gasteiger partial charge in [-0.05, 0) is 44.0 Å². The molecule has 1 aliphatic rings. The van der Waals surface area contributed by atoms with Gasteiger partial charge in [0.1, 0.15) is 16.5 Å². The molecule has 0 aliphatic carbocycles. The van der Waals surface area contributed by atoms with E-state index < -0.39 is 9.84 Å². The number of rotatable bonds is 7. The molecule has 1 aliphatic heterocycles. The SMILES string of the molecule is CCC(C)N(C(=O)CSc1nnc(-c2ccc(F)cc2)c2ccccc12)C1CCS(=O)(=O)C1. The van der Waals surface area contributed by atoms with E-state index >= 15 is 0 Å². The minimum Gasteiger partial charge on any atom is -0.335 e. The summed E-state index contributed by atoms with van der Waals surface area (Å²) in [5.41, 5.74) is 1.41. The van der Waals surface area contributed by atoms with E-state index in [9.17, 15) is 17.6 Å². The van der Waals surface area contributed by atoms with E-state index in [0.29, 0.717) is 17.1 Å². The van der Waals surface area contributed by atoms with Crippen LogP contribution in [0, 0.1) is 5.82 Å². The van der Waals surface area contributed by atoms with Crippen molar-refractivity contribution in [3.05, 3.63) is 54.3 Å². The molecule has 0 N–H and O–H groups in total. The lowest BCUT2D eigenvalue weighted by molar-refractivity contribution is -0.132. The van der Waals surface area contributed by atoms with Gasteiger partial charge in [-0.15, -0.1) is 10.2 Å². The highest BCUT2D eigenvalue weighted by Crippen LogP contribution is 2.32. The van der Waals surface area contributed by atoms with Gasteiger partial charge in [-0.1, -0.05) is 43.0 Å². The predicted octanol–water partition coefficient (Wildman–Crippen LogP) is 4.34. The molecule has 0 radical (unpaired) electrons. The topological polar surface area (TPSA) is 80.2 Å². The van der Waals surface area contributed by atoms with E-state index in [2.05, 4.69) is 10.2 Å². The van der Waals surface area contributed by atoms with Crippen LogP contribution < -0.4 is 0 Å². The number of hydrogen-bond acceptors (Lipinski definition) is 6. The van der Waals surface area contributed by atoms with Crippen LogP contribution in [0.2, 0.25) is 0 Å². The molecular weight excluding hydrogens is 461 g/mol. The highest BCUT2D eigenvalue weighted by molar-refractivity contribution is 8.00. The number of aromatic nitrogens is 2. The first-order valence-corrected chi connectivity index (χ1v) is 13.8. The molecule has 2 atom stereocenters. The number of halogens is 1. The fraction of sp³-hybridized carbons (Fsp3) is 0.375. The average Bonchev–Trinajstić information content (AvgIpc) is 3.17. The molecule has 2 heterocycles. The van der Waals surface area contributed by atoms with Gasteiger partial charge in [0, 0.05) is 28.4 Å². The zero-order valence-electron chi connectivity index (χ0n) is 18.6. The van der Waals surface area contributed by atoms with Crippen molar-refractivity contribution in [2.75, 3.05) is 17.3 Å². The second kappa shape index (κ2) is 9.77. The first-order valence-electron chi connectivity index (χ1n) is 10.9. The van der Waals surface area contributed by atoms with Crippen molar-refractivity contribution >= 4 is 38.3 Å². The Morgan fingerprint density at radius 2 is 1.85 bits per heavy atom. The van der Waals surface area contributed by atoms with Gasteiger partial charge in [-0.3, -0.25) is 4.79 Å². The standard InChI is InChI=1S/C24H26FN3O3S2/c1-3-16(2)28(19-12-13-33(30,31)15-19)22(29)14-32-24-21-7-5-4-6-20(21)23(26-27-24)17-8-10-18(25)11-9-17/h4-11,16,19H,3,12-15H2,1-2H3. The van der Waals surface area contributed by atoms with Crippen molar-refractivity contribution in [1.29, 1.82) is 0 Å². The van der Waals surface area contributed by atoms with Crippen LogP contribution in [0.5, 0.6) is 0 Å². The third-order valence-electron chi connectivity index (χ3n) is 6.06. The Morgan fingerprint density at radius 3 is 2.48 bits per heavy atom. The van der Waals surface area contributed by atoms with E-state index in [0.717, 1.165) is 22.8 Å². The summed E-state index contributed by atoms with van der Waals surface area (Å²) < 4.78 is 37.3. The molecule has 4 rings (SSSR count). The zero-order valence-corrected chi connectivity index (χ0v) is 20.2. The summed E-state index contributed by atoms with van der Waals surface area (Å²) in [5, 5.41) is 11.1. The minimum atomic E-state index is -3.09. The minimum absolute atomic E-state index is 0.0306. The molecule has 3 aromatic rings. The van der Waals surface area contributed by atoms with Crippen LogP contribution >= 0.6 is 11.8 Å². The van der Waals surface area contributed by atoms with Crippen LogP contribution in [0.15, 0.2) is 53.6 Å². The molecule has 174 valence electrons. The number of fused-ring (bicyclic) bond motifs is 1. The fourth-order valence-corrected chi connectivity index (χ4v) is 6.76. The Kier molecular flexibility index (Phi) is 6.99. The van der Waals surface area contributed by atoms with E-state index in [1.54, 1.807) is 17.0 Å². The second-order valence-corrected chi connectivity index (χ2v) is 11.5. The van der Waals surface area contributed by atoms with Crippen molar-refractivity contribution < 1.29 is 17.6 Å². The number of carbonyl (C=O) groups is 1. The summed E-state index contributed by atoms with van der Waals surface area (Å²) in [6, 6.07) is 13.5. The van der Waals surface area contributed by atoms with Gasteiger partial charge < -0.3 is 4.90 Å². The number of hydrogen-bond donors (Lipinski definition) is 0. The quantitative estimate of drug-likeness (QED) is 0.461. The normalized spacial score (nSPS) is 18.3. The zero-order chi connectivity index (χ0) is 23.6. The van der Waals surface area contributed by atoms with Crippen LogP contribution in [0.3, 0.4) is 0 Å². The van der Waals surface area contributed by atoms with E-state index in [1.165, 1.54) is 23.9 Å².